The third kappa shape index (κ3) is 3.99. The lowest BCUT2D eigenvalue weighted by Crippen LogP contribution is -2.17. The summed E-state index contributed by atoms with van der Waals surface area (Å²) in [6.45, 7) is 7.85. The van der Waals surface area contributed by atoms with Crippen molar-refractivity contribution < 1.29 is 9.53 Å². The fraction of sp³-hybridized carbons (Fsp3) is 0.562. The van der Waals surface area contributed by atoms with E-state index in [-0.39, 0.29) is 17.2 Å². The van der Waals surface area contributed by atoms with E-state index in [1.165, 1.54) is 11.8 Å². The van der Waals surface area contributed by atoms with Gasteiger partial charge in [-0.05, 0) is 26.3 Å². The molecule has 0 atom stereocenters. The Kier molecular flexibility index (Phi) is 6.44. The molecule has 24 heavy (non-hydrogen) atoms. The van der Waals surface area contributed by atoms with Crippen molar-refractivity contribution in [3.8, 4) is 0 Å². The van der Waals surface area contributed by atoms with E-state index in [1.807, 2.05) is 26.8 Å². The van der Waals surface area contributed by atoms with Gasteiger partial charge in [0, 0.05) is 37.2 Å². The summed E-state index contributed by atoms with van der Waals surface area (Å²) in [5.41, 5.74) is 2.48. The van der Waals surface area contributed by atoms with Crippen LogP contribution >= 0.6 is 11.8 Å². The van der Waals surface area contributed by atoms with Gasteiger partial charge >= 0.3 is 5.69 Å². The van der Waals surface area contributed by atoms with E-state index in [0.29, 0.717) is 18.3 Å². The van der Waals surface area contributed by atoms with E-state index in [4.69, 9.17) is 4.74 Å². The van der Waals surface area contributed by atoms with Crippen LogP contribution in [-0.4, -0.2) is 44.6 Å². The Balaban J connectivity index is 2.09. The van der Waals surface area contributed by atoms with Crippen LogP contribution in [0.25, 0.3) is 0 Å². The molecule has 0 fully saturated rings. The summed E-state index contributed by atoms with van der Waals surface area (Å²) in [7, 11) is 1.66. The molecule has 2 rings (SSSR count). The molecule has 8 heteroatoms. The van der Waals surface area contributed by atoms with Gasteiger partial charge in [-0.25, -0.2) is 9.89 Å². The van der Waals surface area contributed by atoms with Gasteiger partial charge in [-0.1, -0.05) is 18.7 Å². The Labute approximate surface area is 145 Å². The van der Waals surface area contributed by atoms with Gasteiger partial charge in [0.15, 0.2) is 10.9 Å². The van der Waals surface area contributed by atoms with E-state index in [1.54, 1.807) is 11.7 Å². The number of ketones is 1. The Hall–Kier alpha value is -1.80. The minimum atomic E-state index is -0.232. The Morgan fingerprint density at radius 1 is 1.33 bits per heavy atom. The standard InChI is InChI=1S/C16H24N4O3S/c1-5-6-20-15(22)17-18-16(20)24-10-14(21)13-9-11(2)19(12(13)3)7-8-23-4/h9H,5-8,10H2,1-4H3,(H,17,22). The van der Waals surface area contributed by atoms with Gasteiger partial charge in [0.1, 0.15) is 0 Å². The number of ether oxygens (including phenoxy) is 1. The highest BCUT2D eigenvalue weighted by Crippen LogP contribution is 2.20. The summed E-state index contributed by atoms with van der Waals surface area (Å²) >= 11 is 1.29. The predicted octanol–water partition coefficient (Wildman–Crippen LogP) is 2.02. The van der Waals surface area contributed by atoms with E-state index < -0.39 is 0 Å². The zero-order chi connectivity index (χ0) is 17.7. The number of carbonyl (C=O) groups excluding carboxylic acids is 1. The SMILES string of the molecule is CCCn1c(SCC(=O)c2cc(C)n(CCOC)c2C)n[nH]c1=O. The van der Waals surface area contributed by atoms with E-state index in [0.717, 1.165) is 29.9 Å². The summed E-state index contributed by atoms with van der Waals surface area (Å²) in [5, 5.41) is 7.00. The number of aromatic nitrogens is 4. The predicted molar refractivity (Wildman–Crippen MR) is 94.0 cm³/mol. The molecule has 0 aromatic carbocycles. The van der Waals surface area contributed by atoms with Gasteiger partial charge in [-0.2, -0.15) is 0 Å². The van der Waals surface area contributed by atoms with Crippen LogP contribution in [0, 0.1) is 13.8 Å². The van der Waals surface area contributed by atoms with Gasteiger partial charge in [0.2, 0.25) is 0 Å². The summed E-state index contributed by atoms with van der Waals surface area (Å²) in [6.07, 6.45) is 0.835. The summed E-state index contributed by atoms with van der Waals surface area (Å²) < 4.78 is 8.77. The first-order chi connectivity index (χ1) is 11.5. The summed E-state index contributed by atoms with van der Waals surface area (Å²) in [4.78, 5) is 24.2. The molecule has 0 saturated carbocycles. The number of methoxy groups -OCH3 is 1. The first-order valence-electron chi connectivity index (χ1n) is 7.96. The van der Waals surface area contributed by atoms with Crippen molar-refractivity contribution in [3.63, 3.8) is 0 Å². The molecular weight excluding hydrogens is 328 g/mol. The first kappa shape index (κ1) is 18.5. The molecule has 2 heterocycles. The minimum Gasteiger partial charge on any atom is -0.383 e. The zero-order valence-corrected chi connectivity index (χ0v) is 15.4. The Bertz CT molecular complexity index is 760. The van der Waals surface area contributed by atoms with Crippen LogP contribution in [0.15, 0.2) is 16.0 Å². The number of carbonyl (C=O) groups is 1. The second-order valence-electron chi connectivity index (χ2n) is 5.60. The smallest absolute Gasteiger partial charge is 0.343 e. The molecule has 0 aliphatic rings. The largest absolute Gasteiger partial charge is 0.383 e. The monoisotopic (exact) mass is 352 g/mol. The highest BCUT2D eigenvalue weighted by atomic mass is 32.2. The van der Waals surface area contributed by atoms with Crippen molar-refractivity contribution in [2.24, 2.45) is 0 Å². The molecule has 0 radical (unpaired) electrons. The first-order valence-corrected chi connectivity index (χ1v) is 8.95. The molecule has 2 aromatic rings. The second kappa shape index (κ2) is 8.34. The van der Waals surface area contributed by atoms with E-state index >= 15 is 0 Å². The Morgan fingerprint density at radius 3 is 2.75 bits per heavy atom. The topological polar surface area (TPSA) is 81.9 Å². The lowest BCUT2D eigenvalue weighted by Gasteiger charge is -2.08. The van der Waals surface area contributed by atoms with Crippen molar-refractivity contribution in [3.05, 3.63) is 33.5 Å². The maximum absolute atomic E-state index is 12.6. The number of hydrogen-bond donors (Lipinski definition) is 1. The number of rotatable bonds is 9. The molecule has 0 spiro atoms. The van der Waals surface area contributed by atoms with Gasteiger partial charge in [-0.3, -0.25) is 9.36 Å². The molecule has 132 valence electrons. The minimum absolute atomic E-state index is 0.0373. The molecule has 0 bridgehead atoms. The maximum atomic E-state index is 12.6. The van der Waals surface area contributed by atoms with E-state index in [9.17, 15) is 9.59 Å². The number of H-pyrrole nitrogens is 1. The molecule has 0 unspecified atom stereocenters. The molecule has 0 amide bonds. The highest BCUT2D eigenvalue weighted by molar-refractivity contribution is 7.99. The number of Topliss-reactive ketones (excluding diaryl/α,β-unsaturated/α-hetero) is 1. The highest BCUT2D eigenvalue weighted by Gasteiger charge is 2.17. The number of nitrogens with one attached hydrogen (secondary N) is 1. The van der Waals surface area contributed by atoms with Crippen molar-refractivity contribution >= 4 is 17.5 Å². The van der Waals surface area contributed by atoms with Crippen LogP contribution in [0.4, 0.5) is 0 Å². The van der Waals surface area contributed by atoms with E-state index in [2.05, 4.69) is 14.8 Å². The van der Waals surface area contributed by atoms with Gasteiger partial charge in [0.05, 0.1) is 12.4 Å². The van der Waals surface area contributed by atoms with Crippen molar-refractivity contribution in [2.45, 2.75) is 45.4 Å². The summed E-state index contributed by atoms with van der Waals surface area (Å²) in [6, 6.07) is 1.91. The Morgan fingerprint density at radius 2 is 2.08 bits per heavy atom. The average molecular weight is 352 g/mol. The molecule has 1 N–H and O–H groups in total. The van der Waals surface area contributed by atoms with Crippen LogP contribution in [0.2, 0.25) is 0 Å². The van der Waals surface area contributed by atoms with Gasteiger partial charge in [0.25, 0.3) is 0 Å². The number of aromatic amines is 1. The van der Waals surface area contributed by atoms with Crippen molar-refractivity contribution in [1.82, 2.24) is 19.3 Å². The average Bonchev–Trinajstić information content (AvgIpc) is 3.04. The molecule has 7 nitrogen and oxygen atoms in total. The van der Waals surface area contributed by atoms with Crippen molar-refractivity contribution in [2.75, 3.05) is 19.5 Å². The van der Waals surface area contributed by atoms with Crippen LogP contribution in [-0.2, 0) is 17.8 Å². The molecular formula is C16H24N4O3S. The number of aryl methyl sites for hydroxylation is 1. The van der Waals surface area contributed by atoms with Gasteiger partial charge < -0.3 is 9.30 Å². The molecule has 0 saturated heterocycles. The van der Waals surface area contributed by atoms with Crippen LogP contribution in [0.1, 0.15) is 35.1 Å². The number of thioether (sulfide) groups is 1. The lowest BCUT2D eigenvalue weighted by atomic mass is 10.2. The van der Waals surface area contributed by atoms with Crippen LogP contribution < -0.4 is 5.69 Å². The molecule has 2 aromatic heterocycles. The lowest BCUT2D eigenvalue weighted by molar-refractivity contribution is 0.102. The van der Waals surface area contributed by atoms with Crippen LogP contribution in [0.5, 0.6) is 0 Å². The number of nitrogens with zero attached hydrogens (tertiary/aromatic N) is 3. The zero-order valence-electron chi connectivity index (χ0n) is 14.6. The quantitative estimate of drug-likeness (QED) is 0.551. The van der Waals surface area contributed by atoms with Crippen LogP contribution in [0.3, 0.4) is 0 Å². The number of hydrogen-bond acceptors (Lipinski definition) is 5. The molecule has 0 aliphatic carbocycles. The summed E-state index contributed by atoms with van der Waals surface area (Å²) in [5.74, 6) is 0.290. The third-order valence-corrected chi connectivity index (χ3v) is 4.87. The van der Waals surface area contributed by atoms with Gasteiger partial charge in [-0.15, -0.1) is 5.10 Å². The fourth-order valence-electron chi connectivity index (χ4n) is 2.65. The normalized spacial score (nSPS) is 11.2. The molecule has 0 aliphatic heterocycles. The fourth-order valence-corrected chi connectivity index (χ4v) is 3.51. The third-order valence-electron chi connectivity index (χ3n) is 3.90. The second-order valence-corrected chi connectivity index (χ2v) is 6.55. The van der Waals surface area contributed by atoms with Crippen molar-refractivity contribution in [1.29, 1.82) is 0 Å². The maximum Gasteiger partial charge on any atom is 0.343 e.